The highest BCUT2D eigenvalue weighted by atomic mass is 35.5. The summed E-state index contributed by atoms with van der Waals surface area (Å²) in [4.78, 5) is 0. The Labute approximate surface area is 112 Å². The molecule has 0 heterocycles. The second-order valence-electron chi connectivity index (χ2n) is 4.04. The molecule has 2 unspecified atom stereocenters. The van der Waals surface area contributed by atoms with E-state index < -0.39 is 0 Å². The molecule has 0 fully saturated rings. The maximum Gasteiger partial charge on any atom is 0.0496 e. The average molecular weight is 290 g/mol. The summed E-state index contributed by atoms with van der Waals surface area (Å²) in [6, 6.07) is 1.10. The van der Waals surface area contributed by atoms with E-state index in [0.717, 1.165) is 35.0 Å². The van der Waals surface area contributed by atoms with Crippen LogP contribution < -0.4 is 0 Å². The molecule has 0 aliphatic rings. The predicted molar refractivity (Wildman–Crippen MR) is 77.1 cm³/mol. The van der Waals surface area contributed by atoms with Crippen LogP contribution in [0.25, 0.3) is 0 Å². The quantitative estimate of drug-likeness (QED) is 0.324. The molecule has 0 aromatic heterocycles. The van der Waals surface area contributed by atoms with Gasteiger partial charge in [0, 0.05) is 26.9 Å². The van der Waals surface area contributed by atoms with Crippen molar-refractivity contribution in [3.63, 3.8) is 0 Å². The Bertz CT molecular complexity index is 133. The number of hydrogen-bond donors (Lipinski definition) is 0. The lowest BCUT2D eigenvalue weighted by atomic mass is 10.1. The Hall–Kier alpha value is 1.09. The van der Waals surface area contributed by atoms with Crippen molar-refractivity contribution in [3.8, 4) is 0 Å². The van der Waals surface area contributed by atoms with E-state index in [1.807, 2.05) is 0 Å². The molecule has 0 rings (SSSR count). The lowest BCUT2D eigenvalue weighted by Crippen LogP contribution is -2.14. The Balaban J connectivity index is 3.16. The highest BCUT2D eigenvalue weighted by molar-refractivity contribution is 6.32. The molecule has 2 atom stereocenters. The molecule has 0 aromatic carbocycles. The maximum absolute atomic E-state index is 6.17. The van der Waals surface area contributed by atoms with Crippen molar-refractivity contribution in [2.45, 2.75) is 61.7 Å². The molecule has 0 saturated heterocycles. The Kier molecular flexibility index (Phi) is 12.4. The van der Waals surface area contributed by atoms with Gasteiger partial charge in [0.15, 0.2) is 0 Å². The van der Waals surface area contributed by atoms with E-state index in [2.05, 4.69) is 0 Å². The van der Waals surface area contributed by atoms with Crippen molar-refractivity contribution < 1.29 is 0 Å². The van der Waals surface area contributed by atoms with Crippen LogP contribution >= 0.6 is 34.8 Å². The fourth-order valence-corrected chi connectivity index (χ4v) is 3.09. The van der Waals surface area contributed by atoms with Crippen LogP contribution in [0, 0.1) is 0 Å². The van der Waals surface area contributed by atoms with Gasteiger partial charge in [-0.15, -0.1) is 34.8 Å². The van der Waals surface area contributed by atoms with E-state index in [9.17, 15) is 0 Å². The molecule has 0 amide bonds. The number of halogens is 3. The summed E-state index contributed by atoms with van der Waals surface area (Å²) in [7, 11) is 1.15. The normalized spacial score (nSPS) is 15.4. The molecule has 0 N–H and O–H groups in total. The summed E-state index contributed by atoms with van der Waals surface area (Å²) in [5.74, 6) is 0.804. The Morgan fingerprint density at radius 2 is 1.33 bits per heavy atom. The monoisotopic (exact) mass is 288 g/mol. The SMILES string of the molecule is [SiH3]CC(Cl)C(Cl)CCCCCCCCCl. The Morgan fingerprint density at radius 1 is 0.800 bits per heavy atom. The summed E-state index contributed by atoms with van der Waals surface area (Å²) < 4.78 is 0. The zero-order valence-electron chi connectivity index (χ0n) is 9.65. The average Bonchev–Trinajstić information content (AvgIpc) is 2.26. The summed E-state index contributed by atoms with van der Waals surface area (Å²) in [5, 5.41) is 0.390. The van der Waals surface area contributed by atoms with Gasteiger partial charge in [-0.1, -0.05) is 32.1 Å². The summed E-state index contributed by atoms with van der Waals surface area (Å²) in [5.41, 5.74) is 0. The largest absolute Gasteiger partial charge is 0.127 e. The topological polar surface area (TPSA) is 0 Å². The van der Waals surface area contributed by atoms with E-state index >= 15 is 0 Å². The fourth-order valence-electron chi connectivity index (χ4n) is 1.58. The van der Waals surface area contributed by atoms with Crippen LogP contribution in [0.1, 0.15) is 44.9 Å². The molecule has 15 heavy (non-hydrogen) atoms. The molecule has 0 aromatic rings. The summed E-state index contributed by atoms with van der Waals surface area (Å²) >= 11 is 17.9. The van der Waals surface area contributed by atoms with Gasteiger partial charge in [0.05, 0.1) is 0 Å². The van der Waals surface area contributed by atoms with Gasteiger partial charge in [-0.05, 0) is 18.9 Å². The molecular formula is C11H23Cl3Si. The zero-order valence-corrected chi connectivity index (χ0v) is 13.9. The fraction of sp³-hybridized carbons (Fsp3) is 1.00. The first kappa shape index (κ1) is 16.1. The minimum Gasteiger partial charge on any atom is -0.127 e. The van der Waals surface area contributed by atoms with Crippen LogP contribution in [0.5, 0.6) is 0 Å². The third kappa shape index (κ3) is 9.98. The predicted octanol–water partition coefficient (Wildman–Crippen LogP) is 3.95. The molecule has 92 valence electrons. The van der Waals surface area contributed by atoms with Gasteiger partial charge in [-0.3, -0.25) is 0 Å². The molecule has 4 heteroatoms. The van der Waals surface area contributed by atoms with E-state index in [0.29, 0.717) is 0 Å². The van der Waals surface area contributed by atoms with Gasteiger partial charge in [0.1, 0.15) is 0 Å². The van der Waals surface area contributed by atoms with Gasteiger partial charge in [0.25, 0.3) is 0 Å². The lowest BCUT2D eigenvalue weighted by Gasteiger charge is -2.13. The number of hydrogen-bond acceptors (Lipinski definition) is 0. The van der Waals surface area contributed by atoms with E-state index in [1.54, 1.807) is 0 Å². The smallest absolute Gasteiger partial charge is 0.0496 e. The second-order valence-corrected chi connectivity index (χ2v) is 6.35. The van der Waals surface area contributed by atoms with E-state index in [-0.39, 0.29) is 10.8 Å². The molecule has 0 radical (unpaired) electrons. The molecule has 0 spiro atoms. The summed E-state index contributed by atoms with van der Waals surface area (Å²) in [6.45, 7) is 0. The third-order valence-electron chi connectivity index (χ3n) is 2.65. The lowest BCUT2D eigenvalue weighted by molar-refractivity contribution is 0.577. The third-order valence-corrected chi connectivity index (χ3v) is 5.57. The first-order valence-electron chi connectivity index (χ1n) is 6.06. The highest BCUT2D eigenvalue weighted by Gasteiger charge is 2.13. The van der Waals surface area contributed by atoms with Crippen molar-refractivity contribution in [2.24, 2.45) is 0 Å². The van der Waals surface area contributed by atoms with Crippen LogP contribution in [0.2, 0.25) is 6.04 Å². The minimum absolute atomic E-state index is 0.187. The van der Waals surface area contributed by atoms with Crippen molar-refractivity contribution >= 4 is 45.0 Å². The molecule has 0 bridgehead atoms. The number of alkyl halides is 3. The first-order chi connectivity index (χ1) is 7.22. The number of rotatable bonds is 10. The number of unbranched alkanes of at least 4 members (excludes halogenated alkanes) is 5. The van der Waals surface area contributed by atoms with E-state index in [1.165, 1.54) is 32.1 Å². The van der Waals surface area contributed by atoms with Crippen LogP contribution in [0.4, 0.5) is 0 Å². The summed E-state index contributed by atoms with van der Waals surface area (Å²) in [6.07, 6.45) is 8.64. The standard InChI is InChI=1S/C11H23Cl3Si/c12-8-6-4-2-1-3-5-7-10(13)11(14)9-15/h10-11H,1-9H2,15H3. The molecule has 0 aliphatic heterocycles. The van der Waals surface area contributed by atoms with Gasteiger partial charge in [-0.2, -0.15) is 0 Å². The van der Waals surface area contributed by atoms with Gasteiger partial charge >= 0.3 is 0 Å². The molecule has 0 nitrogen and oxygen atoms in total. The first-order valence-corrected chi connectivity index (χ1v) is 8.88. The Morgan fingerprint density at radius 3 is 1.87 bits per heavy atom. The molecule has 0 saturated carbocycles. The zero-order chi connectivity index (χ0) is 11.5. The van der Waals surface area contributed by atoms with Crippen molar-refractivity contribution in [2.75, 3.05) is 5.88 Å². The van der Waals surface area contributed by atoms with E-state index in [4.69, 9.17) is 34.8 Å². The van der Waals surface area contributed by atoms with Crippen LogP contribution in [-0.2, 0) is 0 Å². The van der Waals surface area contributed by atoms with Gasteiger partial charge in [0.2, 0.25) is 0 Å². The maximum atomic E-state index is 6.17. The highest BCUT2D eigenvalue weighted by Crippen LogP contribution is 2.19. The second kappa shape index (κ2) is 11.6. The van der Waals surface area contributed by atoms with Crippen molar-refractivity contribution in [1.82, 2.24) is 0 Å². The molecule has 0 aliphatic carbocycles. The molecular weight excluding hydrogens is 267 g/mol. The van der Waals surface area contributed by atoms with Crippen molar-refractivity contribution in [3.05, 3.63) is 0 Å². The van der Waals surface area contributed by atoms with Gasteiger partial charge < -0.3 is 0 Å². The van der Waals surface area contributed by atoms with Crippen LogP contribution in [-0.4, -0.2) is 26.9 Å². The van der Waals surface area contributed by atoms with Crippen molar-refractivity contribution in [1.29, 1.82) is 0 Å². The van der Waals surface area contributed by atoms with Crippen LogP contribution in [0.15, 0.2) is 0 Å². The minimum atomic E-state index is 0.187. The van der Waals surface area contributed by atoms with Crippen LogP contribution in [0.3, 0.4) is 0 Å². The van der Waals surface area contributed by atoms with Gasteiger partial charge in [-0.25, -0.2) is 0 Å².